The maximum absolute atomic E-state index is 12.3. The van der Waals surface area contributed by atoms with E-state index in [1.807, 2.05) is 37.1 Å². The number of ether oxygens (including phenoxy) is 1. The van der Waals surface area contributed by atoms with Crippen LogP contribution in [0.5, 0.6) is 0 Å². The second-order valence-electron chi connectivity index (χ2n) is 6.47. The molecule has 0 aliphatic heterocycles. The van der Waals surface area contributed by atoms with Gasteiger partial charge in [-0.15, -0.1) is 0 Å². The van der Waals surface area contributed by atoms with Crippen molar-refractivity contribution in [3.63, 3.8) is 0 Å². The number of esters is 1. The molecule has 1 aliphatic rings. The van der Waals surface area contributed by atoms with Crippen LogP contribution in [0.2, 0.25) is 0 Å². The summed E-state index contributed by atoms with van der Waals surface area (Å²) in [5.74, 6) is -0.253. The summed E-state index contributed by atoms with van der Waals surface area (Å²) < 4.78 is 5.24. The highest BCUT2D eigenvalue weighted by atomic mass is 32.1. The van der Waals surface area contributed by atoms with Crippen LogP contribution in [-0.4, -0.2) is 28.4 Å². The summed E-state index contributed by atoms with van der Waals surface area (Å²) in [5, 5.41) is 4.09. The minimum atomic E-state index is -0.493. The van der Waals surface area contributed by atoms with Crippen LogP contribution >= 0.6 is 11.3 Å². The molecule has 2 rings (SSSR count). The molecule has 1 aromatic heterocycles. The maximum atomic E-state index is 12.3. The quantitative estimate of drug-likeness (QED) is 0.757. The van der Waals surface area contributed by atoms with Crippen molar-refractivity contribution in [2.75, 3.05) is 0 Å². The lowest BCUT2D eigenvalue weighted by molar-refractivity contribution is -0.156. The Kier molecular flexibility index (Phi) is 5.04. The van der Waals surface area contributed by atoms with Gasteiger partial charge in [0.15, 0.2) is 0 Å². The van der Waals surface area contributed by atoms with Gasteiger partial charge >= 0.3 is 5.97 Å². The summed E-state index contributed by atoms with van der Waals surface area (Å²) in [6.07, 6.45) is 2.53. The van der Waals surface area contributed by atoms with Gasteiger partial charge in [-0.1, -0.05) is 0 Å². The van der Waals surface area contributed by atoms with Crippen molar-refractivity contribution in [2.24, 2.45) is 0 Å². The second-order valence-corrected chi connectivity index (χ2v) is 7.25. The number of hydrogen-bond donors (Lipinski definition) is 0. The van der Waals surface area contributed by atoms with Crippen molar-refractivity contribution in [3.05, 3.63) is 22.4 Å². The summed E-state index contributed by atoms with van der Waals surface area (Å²) in [6, 6.07) is 2.40. The first-order chi connectivity index (χ1) is 9.85. The summed E-state index contributed by atoms with van der Waals surface area (Å²) >= 11 is 1.64. The van der Waals surface area contributed by atoms with Gasteiger partial charge in [-0.2, -0.15) is 11.3 Å². The molecule has 0 radical (unpaired) electrons. The zero-order valence-electron chi connectivity index (χ0n) is 12.9. The molecule has 0 N–H and O–H groups in total. The Hall–Kier alpha value is -1.36. The van der Waals surface area contributed by atoms with Gasteiger partial charge < -0.3 is 9.64 Å². The molecule has 0 saturated heterocycles. The third-order valence-electron chi connectivity index (χ3n) is 3.20. The minimum Gasteiger partial charge on any atom is -0.460 e. The molecule has 1 aliphatic carbocycles. The molecule has 1 amide bonds. The van der Waals surface area contributed by atoms with Crippen molar-refractivity contribution >= 4 is 23.2 Å². The lowest BCUT2D eigenvalue weighted by atomic mass is 10.2. The van der Waals surface area contributed by atoms with E-state index in [0.717, 1.165) is 18.4 Å². The Morgan fingerprint density at radius 2 is 2.05 bits per heavy atom. The molecule has 116 valence electrons. The van der Waals surface area contributed by atoms with Crippen LogP contribution in [-0.2, 0) is 20.9 Å². The van der Waals surface area contributed by atoms with Crippen LogP contribution in [0.1, 0.15) is 52.0 Å². The zero-order chi connectivity index (χ0) is 15.5. The number of carbonyl (C=O) groups excluding carboxylic acids is 2. The van der Waals surface area contributed by atoms with E-state index < -0.39 is 5.60 Å². The number of amides is 1. The van der Waals surface area contributed by atoms with Crippen LogP contribution in [0.15, 0.2) is 16.8 Å². The van der Waals surface area contributed by atoms with Crippen molar-refractivity contribution in [2.45, 2.75) is 64.6 Å². The summed E-state index contributed by atoms with van der Waals surface area (Å²) in [5.41, 5.74) is 0.671. The van der Waals surface area contributed by atoms with Gasteiger partial charge in [0, 0.05) is 19.0 Å². The van der Waals surface area contributed by atoms with Gasteiger partial charge in [0.1, 0.15) is 5.60 Å². The fourth-order valence-corrected chi connectivity index (χ4v) is 2.79. The zero-order valence-corrected chi connectivity index (χ0v) is 13.7. The van der Waals surface area contributed by atoms with Crippen LogP contribution in [0.25, 0.3) is 0 Å². The predicted octanol–water partition coefficient (Wildman–Crippen LogP) is 3.36. The van der Waals surface area contributed by atoms with E-state index >= 15 is 0 Å². The summed E-state index contributed by atoms with van der Waals surface area (Å²) in [6.45, 7) is 6.15. The van der Waals surface area contributed by atoms with E-state index in [9.17, 15) is 9.59 Å². The second kappa shape index (κ2) is 6.60. The normalized spacial score (nSPS) is 14.8. The van der Waals surface area contributed by atoms with E-state index in [0.29, 0.717) is 12.6 Å². The third-order valence-corrected chi connectivity index (χ3v) is 3.94. The van der Waals surface area contributed by atoms with Crippen molar-refractivity contribution in [1.82, 2.24) is 4.90 Å². The highest BCUT2D eigenvalue weighted by Gasteiger charge is 2.32. The average Bonchev–Trinajstić information content (AvgIpc) is 3.08. The van der Waals surface area contributed by atoms with Crippen LogP contribution in [0, 0.1) is 0 Å². The number of rotatable bonds is 6. The van der Waals surface area contributed by atoms with E-state index in [1.54, 1.807) is 11.3 Å². The van der Waals surface area contributed by atoms with Crippen molar-refractivity contribution in [3.8, 4) is 0 Å². The number of thiophene rings is 1. The van der Waals surface area contributed by atoms with Crippen molar-refractivity contribution < 1.29 is 14.3 Å². The van der Waals surface area contributed by atoms with Crippen LogP contribution < -0.4 is 0 Å². The lowest BCUT2D eigenvalue weighted by Crippen LogP contribution is -2.33. The molecule has 1 heterocycles. The highest BCUT2D eigenvalue weighted by molar-refractivity contribution is 7.07. The van der Waals surface area contributed by atoms with E-state index in [1.165, 1.54) is 0 Å². The Bertz CT molecular complexity index is 486. The standard InChI is InChI=1S/C16H23NO3S/c1-16(2,3)20-15(19)7-6-14(18)17(13-4-5-13)10-12-8-9-21-11-12/h8-9,11,13H,4-7,10H2,1-3H3. The molecule has 0 bridgehead atoms. The molecule has 0 aromatic carbocycles. The monoisotopic (exact) mass is 309 g/mol. The molecule has 0 unspecified atom stereocenters. The number of nitrogens with zero attached hydrogens (tertiary/aromatic N) is 1. The first-order valence-corrected chi connectivity index (χ1v) is 8.32. The molecule has 1 fully saturated rings. The number of hydrogen-bond acceptors (Lipinski definition) is 4. The smallest absolute Gasteiger partial charge is 0.306 e. The van der Waals surface area contributed by atoms with Gasteiger partial charge in [-0.25, -0.2) is 0 Å². The Morgan fingerprint density at radius 1 is 1.33 bits per heavy atom. The molecule has 4 nitrogen and oxygen atoms in total. The maximum Gasteiger partial charge on any atom is 0.306 e. The molecule has 5 heteroatoms. The fourth-order valence-electron chi connectivity index (χ4n) is 2.13. The Balaban J connectivity index is 1.83. The molecular weight excluding hydrogens is 286 g/mol. The first-order valence-electron chi connectivity index (χ1n) is 7.37. The molecule has 0 atom stereocenters. The number of carbonyl (C=O) groups is 2. The molecule has 0 spiro atoms. The Morgan fingerprint density at radius 3 is 2.57 bits per heavy atom. The molecule has 21 heavy (non-hydrogen) atoms. The lowest BCUT2D eigenvalue weighted by Gasteiger charge is -2.23. The molecule has 1 saturated carbocycles. The summed E-state index contributed by atoms with van der Waals surface area (Å²) in [7, 11) is 0. The minimum absolute atomic E-state index is 0.0505. The first kappa shape index (κ1) is 16.0. The van der Waals surface area contributed by atoms with Gasteiger partial charge in [0.2, 0.25) is 5.91 Å². The highest BCUT2D eigenvalue weighted by Crippen LogP contribution is 2.29. The molecular formula is C16H23NO3S. The van der Waals surface area contributed by atoms with Crippen molar-refractivity contribution in [1.29, 1.82) is 0 Å². The topological polar surface area (TPSA) is 46.6 Å². The van der Waals surface area contributed by atoms with E-state index in [-0.39, 0.29) is 24.7 Å². The van der Waals surface area contributed by atoms with Crippen LogP contribution in [0.3, 0.4) is 0 Å². The molecule has 1 aromatic rings. The van der Waals surface area contributed by atoms with E-state index in [4.69, 9.17) is 4.74 Å². The summed E-state index contributed by atoms with van der Waals surface area (Å²) in [4.78, 5) is 25.9. The predicted molar refractivity (Wildman–Crippen MR) is 83.0 cm³/mol. The SMILES string of the molecule is CC(C)(C)OC(=O)CCC(=O)N(Cc1ccsc1)C1CC1. The van der Waals surface area contributed by atoms with Crippen LogP contribution in [0.4, 0.5) is 0 Å². The van der Waals surface area contributed by atoms with Gasteiger partial charge in [0.25, 0.3) is 0 Å². The van der Waals surface area contributed by atoms with Gasteiger partial charge in [0.05, 0.1) is 6.42 Å². The Labute approximate surface area is 130 Å². The third kappa shape index (κ3) is 5.50. The van der Waals surface area contributed by atoms with E-state index in [2.05, 4.69) is 5.38 Å². The fraction of sp³-hybridized carbons (Fsp3) is 0.625. The van der Waals surface area contributed by atoms with Gasteiger partial charge in [-0.3, -0.25) is 9.59 Å². The largest absolute Gasteiger partial charge is 0.460 e. The van der Waals surface area contributed by atoms with Gasteiger partial charge in [-0.05, 0) is 56.0 Å². The average molecular weight is 309 g/mol.